The van der Waals surface area contributed by atoms with Gasteiger partial charge < -0.3 is 14.4 Å². The topological polar surface area (TPSA) is 57.8 Å². The van der Waals surface area contributed by atoms with E-state index in [-0.39, 0.29) is 5.91 Å². The van der Waals surface area contributed by atoms with Gasteiger partial charge >= 0.3 is 0 Å². The number of carbonyl (C=O) groups is 1. The quantitative estimate of drug-likeness (QED) is 0.838. The summed E-state index contributed by atoms with van der Waals surface area (Å²) in [4.78, 5) is 18.4. The van der Waals surface area contributed by atoms with E-state index in [2.05, 4.69) is 4.98 Å². The lowest BCUT2D eigenvalue weighted by Gasteiger charge is -2.17. The largest absolute Gasteiger partial charge is 0.388 e. The molecule has 1 fully saturated rings. The summed E-state index contributed by atoms with van der Waals surface area (Å²) in [5.74, 6) is -0.110. The average Bonchev–Trinajstić information content (AvgIpc) is 2.92. The van der Waals surface area contributed by atoms with E-state index in [9.17, 15) is 9.90 Å². The molecular formula is C14H17N3O2. The molecule has 2 aromatic rings. The van der Waals surface area contributed by atoms with E-state index >= 15 is 0 Å². The van der Waals surface area contributed by atoms with Crippen LogP contribution in [0.25, 0.3) is 5.65 Å². The summed E-state index contributed by atoms with van der Waals surface area (Å²) in [6.07, 6.45) is 2.38. The number of hydrogen-bond acceptors (Lipinski definition) is 3. The molecule has 2 aromatic heterocycles. The number of nitrogens with zero attached hydrogens (tertiary/aromatic N) is 3. The average molecular weight is 259 g/mol. The highest BCUT2D eigenvalue weighted by Gasteiger charge is 2.35. The van der Waals surface area contributed by atoms with Crippen molar-refractivity contribution in [2.45, 2.75) is 25.9 Å². The number of pyridine rings is 1. The Balaban J connectivity index is 1.92. The molecular weight excluding hydrogens is 242 g/mol. The summed E-state index contributed by atoms with van der Waals surface area (Å²) in [6, 6.07) is 5.78. The van der Waals surface area contributed by atoms with Crippen LogP contribution in [0.1, 0.15) is 29.5 Å². The molecule has 3 heterocycles. The van der Waals surface area contributed by atoms with E-state index in [0.29, 0.717) is 25.2 Å². The summed E-state index contributed by atoms with van der Waals surface area (Å²) < 4.78 is 1.90. The first kappa shape index (κ1) is 12.2. The van der Waals surface area contributed by atoms with Crippen molar-refractivity contribution in [2.24, 2.45) is 0 Å². The lowest BCUT2D eigenvalue weighted by atomic mass is 10.1. The molecule has 0 saturated carbocycles. The van der Waals surface area contributed by atoms with Crippen molar-refractivity contribution in [3.8, 4) is 0 Å². The van der Waals surface area contributed by atoms with Crippen LogP contribution in [0.4, 0.5) is 0 Å². The zero-order valence-corrected chi connectivity index (χ0v) is 11.1. The predicted molar refractivity (Wildman–Crippen MR) is 71.1 cm³/mol. The monoisotopic (exact) mass is 259 g/mol. The highest BCUT2D eigenvalue weighted by molar-refractivity contribution is 5.93. The van der Waals surface area contributed by atoms with E-state index in [4.69, 9.17) is 0 Å². The zero-order chi connectivity index (χ0) is 13.6. The van der Waals surface area contributed by atoms with Gasteiger partial charge in [-0.3, -0.25) is 4.79 Å². The Morgan fingerprint density at radius 1 is 1.47 bits per heavy atom. The second-order valence-electron chi connectivity index (χ2n) is 5.50. The molecule has 1 amide bonds. The van der Waals surface area contributed by atoms with Gasteiger partial charge in [0.15, 0.2) is 0 Å². The number of likely N-dealkylation sites (tertiary alicyclic amines) is 1. The maximum Gasteiger partial charge on any atom is 0.274 e. The smallest absolute Gasteiger partial charge is 0.274 e. The molecule has 1 saturated heterocycles. The highest BCUT2D eigenvalue weighted by Crippen LogP contribution is 2.22. The molecule has 5 heteroatoms. The molecule has 5 nitrogen and oxygen atoms in total. The predicted octanol–water partition coefficient (Wildman–Crippen LogP) is 1.24. The highest BCUT2D eigenvalue weighted by atomic mass is 16.3. The van der Waals surface area contributed by atoms with Crippen molar-refractivity contribution in [3.05, 3.63) is 35.8 Å². The number of amides is 1. The SMILES string of the molecule is Cc1cccc2nc(C(=O)N3CCC(C)(O)C3)cn12. The Hall–Kier alpha value is -1.88. The molecule has 0 bridgehead atoms. The van der Waals surface area contributed by atoms with Crippen molar-refractivity contribution in [1.29, 1.82) is 0 Å². The van der Waals surface area contributed by atoms with Gasteiger partial charge in [0.25, 0.3) is 5.91 Å². The molecule has 0 aliphatic carbocycles. The van der Waals surface area contributed by atoms with Gasteiger partial charge in [0.1, 0.15) is 11.3 Å². The second kappa shape index (κ2) is 4.06. The summed E-state index contributed by atoms with van der Waals surface area (Å²) in [5, 5.41) is 9.93. The number of carbonyl (C=O) groups excluding carboxylic acids is 1. The zero-order valence-electron chi connectivity index (χ0n) is 11.1. The normalized spacial score (nSPS) is 23.2. The number of imidazole rings is 1. The van der Waals surface area contributed by atoms with Crippen LogP contribution in [-0.4, -0.2) is 44.0 Å². The fraction of sp³-hybridized carbons (Fsp3) is 0.429. The molecule has 1 N–H and O–H groups in total. The fourth-order valence-corrected chi connectivity index (χ4v) is 2.53. The van der Waals surface area contributed by atoms with E-state index in [1.54, 1.807) is 18.0 Å². The molecule has 0 spiro atoms. The molecule has 19 heavy (non-hydrogen) atoms. The Bertz CT molecular complexity index is 645. The molecule has 1 atom stereocenters. The minimum Gasteiger partial charge on any atom is -0.388 e. The van der Waals surface area contributed by atoms with Gasteiger partial charge in [-0.25, -0.2) is 4.98 Å². The number of rotatable bonds is 1. The first-order valence-electron chi connectivity index (χ1n) is 6.43. The van der Waals surface area contributed by atoms with Crippen LogP contribution >= 0.6 is 0 Å². The summed E-state index contributed by atoms with van der Waals surface area (Å²) in [5.41, 5.74) is 1.48. The Kier molecular flexibility index (Phi) is 2.60. The summed E-state index contributed by atoms with van der Waals surface area (Å²) >= 11 is 0. The third kappa shape index (κ3) is 2.10. The van der Waals surface area contributed by atoms with Crippen molar-refractivity contribution in [2.75, 3.05) is 13.1 Å². The molecule has 1 unspecified atom stereocenters. The minimum atomic E-state index is -0.773. The third-order valence-corrected chi connectivity index (χ3v) is 3.65. The van der Waals surface area contributed by atoms with Crippen molar-refractivity contribution < 1.29 is 9.90 Å². The van der Waals surface area contributed by atoms with E-state index in [0.717, 1.165) is 11.3 Å². The fourth-order valence-electron chi connectivity index (χ4n) is 2.53. The summed E-state index contributed by atoms with van der Waals surface area (Å²) in [7, 11) is 0. The number of β-amino-alcohol motifs (C(OH)–C–C–N with tert-alkyl or cyclic N) is 1. The van der Waals surface area contributed by atoms with E-state index in [1.807, 2.05) is 29.5 Å². The minimum absolute atomic E-state index is 0.110. The Morgan fingerprint density at radius 2 is 2.26 bits per heavy atom. The number of aryl methyl sites for hydroxylation is 1. The lowest BCUT2D eigenvalue weighted by Crippen LogP contribution is -2.34. The van der Waals surface area contributed by atoms with Crippen molar-refractivity contribution in [3.63, 3.8) is 0 Å². The maximum absolute atomic E-state index is 12.4. The van der Waals surface area contributed by atoms with Gasteiger partial charge in [0.05, 0.1) is 5.60 Å². The van der Waals surface area contributed by atoms with Gasteiger partial charge in [-0.05, 0) is 32.4 Å². The van der Waals surface area contributed by atoms with Crippen molar-refractivity contribution in [1.82, 2.24) is 14.3 Å². The summed E-state index contributed by atoms with van der Waals surface area (Å²) in [6.45, 7) is 4.69. The number of hydrogen-bond donors (Lipinski definition) is 1. The van der Waals surface area contributed by atoms with Crippen LogP contribution < -0.4 is 0 Å². The van der Waals surface area contributed by atoms with Crippen LogP contribution in [0.15, 0.2) is 24.4 Å². The van der Waals surface area contributed by atoms with Gasteiger partial charge in [-0.2, -0.15) is 0 Å². The molecule has 100 valence electrons. The first-order chi connectivity index (χ1) is 8.96. The number of aromatic nitrogens is 2. The van der Waals surface area contributed by atoms with Crippen LogP contribution in [0.3, 0.4) is 0 Å². The second-order valence-corrected chi connectivity index (χ2v) is 5.50. The lowest BCUT2D eigenvalue weighted by molar-refractivity contribution is 0.0569. The van der Waals surface area contributed by atoms with Crippen molar-refractivity contribution >= 4 is 11.6 Å². The molecule has 0 aromatic carbocycles. The standard InChI is InChI=1S/C14H17N3O2/c1-10-4-3-5-12-15-11(8-17(10)12)13(18)16-7-6-14(2,19)9-16/h3-5,8,19H,6-7,9H2,1-2H3. The van der Waals surface area contributed by atoms with Crippen LogP contribution in [0.2, 0.25) is 0 Å². The van der Waals surface area contributed by atoms with Gasteiger partial charge in [0, 0.05) is 25.0 Å². The van der Waals surface area contributed by atoms with Gasteiger partial charge in [-0.15, -0.1) is 0 Å². The third-order valence-electron chi connectivity index (χ3n) is 3.65. The molecule has 0 radical (unpaired) electrons. The van der Waals surface area contributed by atoms with Gasteiger partial charge in [0.2, 0.25) is 0 Å². The van der Waals surface area contributed by atoms with Crippen LogP contribution in [-0.2, 0) is 0 Å². The van der Waals surface area contributed by atoms with Crippen LogP contribution in [0, 0.1) is 6.92 Å². The van der Waals surface area contributed by atoms with Crippen LogP contribution in [0.5, 0.6) is 0 Å². The first-order valence-corrected chi connectivity index (χ1v) is 6.43. The van der Waals surface area contributed by atoms with Gasteiger partial charge in [-0.1, -0.05) is 6.07 Å². The number of aliphatic hydroxyl groups is 1. The Morgan fingerprint density at radius 3 is 2.89 bits per heavy atom. The molecule has 3 rings (SSSR count). The molecule has 1 aliphatic heterocycles. The molecule has 1 aliphatic rings. The number of fused-ring (bicyclic) bond motifs is 1. The van der Waals surface area contributed by atoms with E-state index < -0.39 is 5.60 Å². The van der Waals surface area contributed by atoms with E-state index in [1.165, 1.54) is 0 Å². The Labute approximate surface area is 111 Å². The maximum atomic E-state index is 12.4.